The minimum Gasteiger partial charge on any atom is -0.396 e. The number of hydrogen-bond donors (Lipinski definition) is 2. The summed E-state index contributed by atoms with van der Waals surface area (Å²) < 4.78 is 0. The Labute approximate surface area is 112 Å². The van der Waals surface area contributed by atoms with Crippen LogP contribution in [0.2, 0.25) is 5.02 Å². The molecule has 2 N–H and O–H groups in total. The Kier molecular flexibility index (Phi) is 5.16. The molecule has 1 aliphatic carbocycles. The van der Waals surface area contributed by atoms with Crippen LogP contribution in [-0.2, 0) is 6.54 Å². The fraction of sp³-hybridized carbons (Fsp3) is 0.538. The maximum absolute atomic E-state index is 8.72. The number of thioether (sulfide) groups is 1. The molecule has 0 bridgehead atoms. The molecule has 4 heteroatoms. The Balaban J connectivity index is 1.85. The summed E-state index contributed by atoms with van der Waals surface area (Å²) in [4.78, 5) is 1.18. The van der Waals surface area contributed by atoms with E-state index < -0.39 is 0 Å². The first-order chi connectivity index (χ1) is 8.29. The van der Waals surface area contributed by atoms with E-state index in [1.54, 1.807) is 11.8 Å². The van der Waals surface area contributed by atoms with Crippen LogP contribution >= 0.6 is 23.4 Å². The first-order valence-corrected chi connectivity index (χ1v) is 7.41. The molecule has 2 rings (SSSR count). The predicted molar refractivity (Wildman–Crippen MR) is 73.7 cm³/mol. The largest absolute Gasteiger partial charge is 0.396 e. The first-order valence-electron chi connectivity index (χ1n) is 6.05. The molecule has 1 aromatic carbocycles. The van der Waals surface area contributed by atoms with Gasteiger partial charge >= 0.3 is 0 Å². The fourth-order valence-electron chi connectivity index (χ4n) is 1.56. The van der Waals surface area contributed by atoms with E-state index in [4.69, 9.17) is 16.7 Å². The minimum atomic E-state index is 0.254. The summed E-state index contributed by atoms with van der Waals surface area (Å²) in [7, 11) is 0. The monoisotopic (exact) mass is 271 g/mol. The van der Waals surface area contributed by atoms with E-state index in [0.717, 1.165) is 23.7 Å². The normalized spacial score (nSPS) is 15.2. The zero-order valence-corrected chi connectivity index (χ0v) is 11.4. The van der Waals surface area contributed by atoms with Crippen molar-refractivity contribution in [3.05, 3.63) is 28.8 Å². The predicted octanol–water partition coefficient (Wildman–Crippen LogP) is 3.07. The van der Waals surface area contributed by atoms with Gasteiger partial charge in [0.05, 0.1) is 0 Å². The van der Waals surface area contributed by atoms with E-state index in [2.05, 4.69) is 17.4 Å². The molecule has 17 heavy (non-hydrogen) atoms. The molecular formula is C13H18ClNOS. The molecule has 0 aliphatic heterocycles. The lowest BCUT2D eigenvalue weighted by Gasteiger charge is -2.07. The van der Waals surface area contributed by atoms with Gasteiger partial charge in [-0.05, 0) is 37.0 Å². The van der Waals surface area contributed by atoms with Crippen LogP contribution in [0, 0.1) is 0 Å². The molecule has 1 aromatic rings. The van der Waals surface area contributed by atoms with Crippen LogP contribution in [0.1, 0.15) is 24.8 Å². The smallest absolute Gasteiger partial charge is 0.0462 e. The fourth-order valence-corrected chi connectivity index (χ4v) is 2.74. The molecule has 0 amide bonds. The van der Waals surface area contributed by atoms with Crippen LogP contribution in [0.15, 0.2) is 23.1 Å². The van der Waals surface area contributed by atoms with E-state index in [0.29, 0.717) is 6.04 Å². The standard InChI is InChI=1S/C13H18ClNOS/c14-13-8-12(17-7-1-6-16)5-2-10(13)9-15-11-3-4-11/h2,5,8,11,15-16H,1,3-4,6-7,9H2. The van der Waals surface area contributed by atoms with Crippen LogP contribution < -0.4 is 5.32 Å². The summed E-state index contributed by atoms with van der Waals surface area (Å²) in [5.41, 5.74) is 1.17. The van der Waals surface area contributed by atoms with Gasteiger partial charge < -0.3 is 10.4 Å². The van der Waals surface area contributed by atoms with Gasteiger partial charge in [-0.2, -0.15) is 0 Å². The second-order valence-electron chi connectivity index (χ2n) is 4.33. The van der Waals surface area contributed by atoms with Crippen LogP contribution in [0.4, 0.5) is 0 Å². The summed E-state index contributed by atoms with van der Waals surface area (Å²) in [6, 6.07) is 6.94. The third-order valence-electron chi connectivity index (χ3n) is 2.75. The lowest BCUT2D eigenvalue weighted by atomic mass is 10.2. The van der Waals surface area contributed by atoms with Gasteiger partial charge in [0.25, 0.3) is 0 Å². The Morgan fingerprint density at radius 2 is 2.24 bits per heavy atom. The highest BCUT2D eigenvalue weighted by Crippen LogP contribution is 2.26. The van der Waals surface area contributed by atoms with Crippen LogP contribution in [0.3, 0.4) is 0 Å². The zero-order chi connectivity index (χ0) is 12.1. The molecule has 1 aliphatic rings. The Hall–Kier alpha value is -0.220. The van der Waals surface area contributed by atoms with Crippen molar-refractivity contribution in [2.24, 2.45) is 0 Å². The Morgan fingerprint density at radius 3 is 2.88 bits per heavy atom. The summed E-state index contributed by atoms with van der Waals surface area (Å²) in [5.74, 6) is 0.937. The average molecular weight is 272 g/mol. The molecule has 0 heterocycles. The number of aliphatic hydroxyl groups excluding tert-OH is 1. The molecule has 94 valence electrons. The summed E-state index contributed by atoms with van der Waals surface area (Å²) in [5, 5.41) is 13.0. The number of aliphatic hydroxyl groups is 1. The number of benzene rings is 1. The third-order valence-corrected chi connectivity index (χ3v) is 4.19. The van der Waals surface area contributed by atoms with E-state index in [1.807, 2.05) is 6.07 Å². The Morgan fingerprint density at radius 1 is 1.41 bits per heavy atom. The van der Waals surface area contributed by atoms with Gasteiger partial charge in [-0.15, -0.1) is 11.8 Å². The molecule has 1 saturated carbocycles. The van der Waals surface area contributed by atoms with Gasteiger partial charge in [0.2, 0.25) is 0 Å². The molecule has 1 fully saturated rings. The van der Waals surface area contributed by atoms with Crippen molar-refractivity contribution in [3.63, 3.8) is 0 Å². The van der Waals surface area contributed by atoms with E-state index in [1.165, 1.54) is 23.3 Å². The van der Waals surface area contributed by atoms with Crippen molar-refractivity contribution in [1.29, 1.82) is 0 Å². The van der Waals surface area contributed by atoms with Crippen LogP contribution in [0.5, 0.6) is 0 Å². The maximum atomic E-state index is 8.72. The SMILES string of the molecule is OCCCSc1ccc(CNC2CC2)c(Cl)c1. The van der Waals surface area contributed by atoms with Crippen molar-refractivity contribution < 1.29 is 5.11 Å². The van der Waals surface area contributed by atoms with Crippen molar-refractivity contribution in [2.75, 3.05) is 12.4 Å². The minimum absolute atomic E-state index is 0.254. The molecule has 0 spiro atoms. The number of nitrogens with one attached hydrogen (secondary N) is 1. The highest BCUT2D eigenvalue weighted by molar-refractivity contribution is 7.99. The summed E-state index contributed by atoms with van der Waals surface area (Å²) >= 11 is 7.98. The van der Waals surface area contributed by atoms with Crippen LogP contribution in [-0.4, -0.2) is 23.5 Å². The highest BCUT2D eigenvalue weighted by Gasteiger charge is 2.20. The van der Waals surface area contributed by atoms with E-state index in [9.17, 15) is 0 Å². The first kappa shape index (κ1) is 13.2. The Bertz CT molecular complexity index is 368. The van der Waals surface area contributed by atoms with Gasteiger partial charge in [-0.3, -0.25) is 0 Å². The average Bonchev–Trinajstić information content (AvgIpc) is 3.12. The molecule has 0 saturated heterocycles. The van der Waals surface area contributed by atoms with Crippen LogP contribution in [0.25, 0.3) is 0 Å². The molecule has 2 nitrogen and oxygen atoms in total. The lowest BCUT2D eigenvalue weighted by Crippen LogP contribution is -2.15. The molecule has 0 unspecified atom stereocenters. The highest BCUT2D eigenvalue weighted by atomic mass is 35.5. The van der Waals surface area contributed by atoms with Crippen molar-refractivity contribution in [3.8, 4) is 0 Å². The second kappa shape index (κ2) is 6.64. The lowest BCUT2D eigenvalue weighted by molar-refractivity contribution is 0.296. The number of rotatable bonds is 7. The summed E-state index contributed by atoms with van der Waals surface area (Å²) in [6.07, 6.45) is 3.42. The van der Waals surface area contributed by atoms with Gasteiger partial charge in [0.1, 0.15) is 0 Å². The van der Waals surface area contributed by atoms with Gasteiger partial charge in [0.15, 0.2) is 0 Å². The zero-order valence-electron chi connectivity index (χ0n) is 9.79. The van der Waals surface area contributed by atoms with Crippen molar-refractivity contribution in [1.82, 2.24) is 5.32 Å². The second-order valence-corrected chi connectivity index (χ2v) is 5.91. The molecule has 0 aromatic heterocycles. The number of hydrogen-bond acceptors (Lipinski definition) is 3. The quantitative estimate of drug-likeness (QED) is 0.591. The van der Waals surface area contributed by atoms with Gasteiger partial charge in [0, 0.05) is 34.9 Å². The maximum Gasteiger partial charge on any atom is 0.0462 e. The van der Waals surface area contributed by atoms with Crippen molar-refractivity contribution in [2.45, 2.75) is 36.7 Å². The van der Waals surface area contributed by atoms with E-state index >= 15 is 0 Å². The van der Waals surface area contributed by atoms with Gasteiger partial charge in [-0.25, -0.2) is 0 Å². The van der Waals surface area contributed by atoms with E-state index in [-0.39, 0.29) is 6.61 Å². The van der Waals surface area contributed by atoms with Gasteiger partial charge in [-0.1, -0.05) is 17.7 Å². The third kappa shape index (κ3) is 4.51. The van der Waals surface area contributed by atoms with Crippen molar-refractivity contribution >= 4 is 23.4 Å². The molecule has 0 atom stereocenters. The number of halogens is 1. The topological polar surface area (TPSA) is 32.3 Å². The molecule has 0 radical (unpaired) electrons. The molecular weight excluding hydrogens is 254 g/mol. The summed E-state index contributed by atoms with van der Waals surface area (Å²) in [6.45, 7) is 1.12.